The molecule has 208 valence electrons. The maximum Gasteiger partial charge on any atom is 0.208 e. The Balaban J connectivity index is 1.76. The maximum atomic E-state index is 10.8. The van der Waals surface area contributed by atoms with E-state index in [1.165, 1.54) is 0 Å². The first-order valence-corrected chi connectivity index (χ1v) is 11.2. The second-order valence-electron chi connectivity index (χ2n) is 8.97. The number of nitrogens with two attached hydrogens (primary N) is 3. The van der Waals surface area contributed by atoms with Crippen LogP contribution in [-0.4, -0.2) is 152 Å². The predicted molar refractivity (Wildman–Crippen MR) is 112 cm³/mol. The molecule has 17 nitrogen and oxygen atoms in total. The van der Waals surface area contributed by atoms with Crippen molar-refractivity contribution in [1.29, 1.82) is 5.26 Å². The van der Waals surface area contributed by atoms with Gasteiger partial charge in [0.15, 0.2) is 18.9 Å². The van der Waals surface area contributed by atoms with Crippen LogP contribution in [0.5, 0.6) is 0 Å². The van der Waals surface area contributed by atoms with E-state index in [4.69, 9.17) is 40.9 Å². The third-order valence-corrected chi connectivity index (χ3v) is 6.66. The Morgan fingerprint density at radius 1 is 0.750 bits per heavy atom. The second-order valence-corrected chi connectivity index (χ2v) is 8.97. The third kappa shape index (κ3) is 5.23. The molecule has 3 fully saturated rings. The molecule has 36 heavy (non-hydrogen) atoms. The molecule has 0 radical (unpaired) electrons. The monoisotopic (exact) mass is 526 g/mol. The molecule has 3 heterocycles. The Labute approximate surface area is 205 Å². The summed E-state index contributed by atoms with van der Waals surface area (Å²) in [5.74, 6) is 0. The number of rotatable bonds is 7. The first-order chi connectivity index (χ1) is 17.0. The van der Waals surface area contributed by atoms with E-state index in [1.54, 1.807) is 6.07 Å². The first kappa shape index (κ1) is 29.4. The number of ether oxygens (including phenoxy) is 5. The Morgan fingerprint density at radius 3 is 1.78 bits per heavy atom. The topological polar surface area (TPSA) is 310 Å². The summed E-state index contributed by atoms with van der Waals surface area (Å²) in [5, 5.41) is 89.8. The average Bonchev–Trinajstić information content (AvgIpc) is 2.88. The van der Waals surface area contributed by atoms with Gasteiger partial charge < -0.3 is 81.7 Å². The van der Waals surface area contributed by atoms with Crippen LogP contribution < -0.4 is 17.2 Å². The minimum atomic E-state index is -2.29. The highest BCUT2D eigenvalue weighted by Crippen LogP contribution is 2.33. The van der Waals surface area contributed by atoms with Crippen LogP contribution in [0, 0.1) is 11.3 Å². The lowest BCUT2D eigenvalue weighted by molar-refractivity contribution is -0.354. The van der Waals surface area contributed by atoms with Crippen molar-refractivity contribution in [1.82, 2.24) is 0 Å². The van der Waals surface area contributed by atoms with Crippen molar-refractivity contribution in [2.75, 3.05) is 19.8 Å². The van der Waals surface area contributed by atoms with Crippen LogP contribution in [0.2, 0.25) is 0 Å². The molecular weight excluding hydrogens is 492 g/mol. The summed E-state index contributed by atoms with van der Waals surface area (Å²) in [6.07, 6.45) is -17.0. The molecule has 0 saturated carbocycles. The van der Waals surface area contributed by atoms with Gasteiger partial charge in [-0.1, -0.05) is 0 Å². The van der Waals surface area contributed by atoms with Crippen LogP contribution in [0.15, 0.2) is 0 Å². The lowest BCUT2D eigenvalue weighted by Crippen LogP contribution is -2.71. The average molecular weight is 526 g/mol. The van der Waals surface area contributed by atoms with E-state index in [0.717, 1.165) is 0 Å². The first-order valence-electron chi connectivity index (χ1n) is 11.2. The van der Waals surface area contributed by atoms with Gasteiger partial charge in [-0.15, -0.1) is 0 Å². The lowest BCUT2D eigenvalue weighted by Gasteiger charge is -2.49. The standard InChI is InChI=1S/C19H34N4O13/c20-3-19(4-26)15(30)12(29)9(23)18(36-19)35-14-6(2-25)33-17(8(22)11(14)28)34-13-5(1-24)32-16(31)7(21)10(13)27/h5-18,24-31H,1-2,4,21-23H2/t5-,6-,7-,8-,9-,10-,11-,12-,13?,14?,15+,16-,17+,18+,19-/m1/s1. The van der Waals surface area contributed by atoms with E-state index in [1.807, 2.05) is 0 Å². The van der Waals surface area contributed by atoms with Gasteiger partial charge in [-0.2, -0.15) is 5.26 Å². The molecule has 17 heteroatoms. The van der Waals surface area contributed by atoms with Crippen molar-refractivity contribution in [3.8, 4) is 6.07 Å². The Hall–Kier alpha value is -1.15. The fourth-order valence-electron chi connectivity index (χ4n) is 4.34. The van der Waals surface area contributed by atoms with E-state index in [2.05, 4.69) is 0 Å². The van der Waals surface area contributed by atoms with E-state index in [0.29, 0.717) is 0 Å². The normalized spacial score (nSPS) is 52.1. The van der Waals surface area contributed by atoms with E-state index < -0.39 is 111 Å². The summed E-state index contributed by atoms with van der Waals surface area (Å²) in [7, 11) is 0. The molecule has 0 aromatic heterocycles. The molecule has 0 amide bonds. The highest BCUT2D eigenvalue weighted by molar-refractivity contribution is 5.14. The van der Waals surface area contributed by atoms with Gasteiger partial charge in [0.2, 0.25) is 5.60 Å². The zero-order valence-electron chi connectivity index (χ0n) is 19.0. The molecule has 3 aliphatic heterocycles. The summed E-state index contributed by atoms with van der Waals surface area (Å²) in [6, 6.07) is -2.58. The highest BCUT2D eigenvalue weighted by atomic mass is 16.7. The largest absolute Gasteiger partial charge is 0.394 e. The number of nitrogens with zero attached hydrogens (tertiary/aromatic N) is 1. The molecule has 0 aromatic rings. The van der Waals surface area contributed by atoms with Gasteiger partial charge in [0.25, 0.3) is 0 Å². The second kappa shape index (κ2) is 11.7. The highest BCUT2D eigenvalue weighted by Gasteiger charge is 2.56. The summed E-state index contributed by atoms with van der Waals surface area (Å²) < 4.78 is 27.3. The molecule has 0 bridgehead atoms. The quantitative estimate of drug-likeness (QED) is 0.147. The molecule has 3 aliphatic rings. The van der Waals surface area contributed by atoms with Crippen molar-refractivity contribution in [3.63, 3.8) is 0 Å². The predicted octanol–water partition coefficient (Wildman–Crippen LogP) is -7.78. The molecule has 15 atom stereocenters. The maximum absolute atomic E-state index is 10.8. The van der Waals surface area contributed by atoms with Gasteiger partial charge in [0, 0.05) is 0 Å². The van der Waals surface area contributed by atoms with E-state index in [9.17, 15) is 46.1 Å². The summed E-state index contributed by atoms with van der Waals surface area (Å²) >= 11 is 0. The van der Waals surface area contributed by atoms with Gasteiger partial charge in [-0.3, -0.25) is 0 Å². The number of aliphatic hydroxyl groups excluding tert-OH is 8. The number of hydrogen-bond donors (Lipinski definition) is 11. The molecule has 3 saturated heterocycles. The lowest BCUT2D eigenvalue weighted by atomic mass is 9.87. The Morgan fingerprint density at radius 2 is 1.25 bits per heavy atom. The number of nitriles is 1. The minimum Gasteiger partial charge on any atom is -0.394 e. The summed E-state index contributed by atoms with van der Waals surface area (Å²) in [4.78, 5) is 0. The van der Waals surface area contributed by atoms with E-state index >= 15 is 0 Å². The van der Waals surface area contributed by atoms with Crippen LogP contribution in [0.4, 0.5) is 0 Å². The van der Waals surface area contributed by atoms with Crippen LogP contribution in [-0.2, 0) is 23.7 Å². The zero-order chi connectivity index (χ0) is 26.9. The zero-order valence-corrected chi connectivity index (χ0v) is 19.0. The smallest absolute Gasteiger partial charge is 0.208 e. The Bertz CT molecular complexity index is 774. The van der Waals surface area contributed by atoms with Crippen molar-refractivity contribution in [3.05, 3.63) is 0 Å². The van der Waals surface area contributed by atoms with Crippen LogP contribution >= 0.6 is 0 Å². The van der Waals surface area contributed by atoms with Crippen LogP contribution in [0.3, 0.4) is 0 Å². The van der Waals surface area contributed by atoms with Gasteiger partial charge in [-0.25, -0.2) is 0 Å². The summed E-state index contributed by atoms with van der Waals surface area (Å²) in [6.45, 7) is -2.47. The van der Waals surface area contributed by atoms with Crippen molar-refractivity contribution < 1.29 is 64.5 Å². The number of hydrogen-bond acceptors (Lipinski definition) is 17. The SMILES string of the molecule is N#C[C@]1(CO)O[C@H](OC2[C@@H](CO)O[C@@H](OC3[C@@H](CO)O[C@@H](O)[C@H](N)[C@H]3O)[C@H](N)[C@H]2O)[C@H](N)[C@@H](O)[C@@H]1O. The van der Waals surface area contributed by atoms with E-state index in [-0.39, 0.29) is 0 Å². The molecule has 2 unspecified atom stereocenters. The molecule has 0 spiro atoms. The molecule has 14 N–H and O–H groups in total. The molecule has 0 aromatic carbocycles. The van der Waals surface area contributed by atoms with Gasteiger partial charge in [0.05, 0.1) is 37.9 Å². The minimum absolute atomic E-state index is 0.679. The van der Waals surface area contributed by atoms with Crippen LogP contribution in [0.25, 0.3) is 0 Å². The third-order valence-electron chi connectivity index (χ3n) is 6.66. The fraction of sp³-hybridized carbons (Fsp3) is 0.947. The van der Waals surface area contributed by atoms with Gasteiger partial charge in [-0.05, 0) is 0 Å². The summed E-state index contributed by atoms with van der Waals surface area (Å²) in [5.41, 5.74) is 15.3. The van der Waals surface area contributed by atoms with Crippen molar-refractivity contribution >= 4 is 0 Å². The number of aliphatic hydroxyl groups is 8. The molecule has 3 rings (SSSR count). The molecule has 0 aliphatic carbocycles. The Kier molecular flexibility index (Phi) is 9.57. The molecular formula is C19H34N4O13. The van der Waals surface area contributed by atoms with Crippen molar-refractivity contribution in [2.24, 2.45) is 17.2 Å². The van der Waals surface area contributed by atoms with Gasteiger partial charge >= 0.3 is 0 Å². The van der Waals surface area contributed by atoms with Gasteiger partial charge in [0.1, 0.15) is 54.9 Å². The van der Waals surface area contributed by atoms with Crippen LogP contribution in [0.1, 0.15) is 0 Å². The fourth-order valence-corrected chi connectivity index (χ4v) is 4.34. The van der Waals surface area contributed by atoms with Crippen molar-refractivity contribution in [2.45, 2.75) is 91.4 Å².